The molecule has 3 fully saturated rings. The Morgan fingerprint density at radius 2 is 1.83 bits per heavy atom. The van der Waals surface area contributed by atoms with Crippen LogP contribution in [0.15, 0.2) is 0 Å². The summed E-state index contributed by atoms with van der Waals surface area (Å²) in [4.78, 5) is 2.84. The summed E-state index contributed by atoms with van der Waals surface area (Å²) in [6.45, 7) is 8.82. The van der Waals surface area contributed by atoms with Crippen molar-refractivity contribution in [3.05, 3.63) is 0 Å². The van der Waals surface area contributed by atoms with Gasteiger partial charge in [-0.15, -0.1) is 0 Å². The predicted molar refractivity (Wildman–Crippen MR) is 76.7 cm³/mol. The quantitative estimate of drug-likeness (QED) is 0.811. The molecule has 4 unspecified atom stereocenters. The lowest BCUT2D eigenvalue weighted by Gasteiger charge is -2.39. The van der Waals surface area contributed by atoms with Gasteiger partial charge >= 0.3 is 0 Å². The van der Waals surface area contributed by atoms with E-state index in [0.717, 1.165) is 29.8 Å². The minimum atomic E-state index is 0.808. The van der Waals surface area contributed by atoms with Crippen LogP contribution in [0.5, 0.6) is 0 Å². The van der Waals surface area contributed by atoms with Crippen LogP contribution in [0, 0.1) is 17.8 Å². The Labute approximate surface area is 113 Å². The molecule has 0 aromatic rings. The molecule has 1 heterocycles. The highest BCUT2D eigenvalue weighted by Crippen LogP contribution is 2.36. The molecule has 3 rings (SSSR count). The third kappa shape index (κ3) is 2.91. The molecule has 1 N–H and O–H groups in total. The van der Waals surface area contributed by atoms with Crippen molar-refractivity contribution in [1.82, 2.24) is 10.2 Å². The van der Waals surface area contributed by atoms with Gasteiger partial charge in [-0.25, -0.2) is 0 Å². The van der Waals surface area contributed by atoms with E-state index in [1.165, 1.54) is 58.2 Å². The van der Waals surface area contributed by atoms with E-state index in [4.69, 9.17) is 0 Å². The largest absolute Gasteiger partial charge is 0.312 e. The summed E-state index contributed by atoms with van der Waals surface area (Å²) in [5.74, 6) is 2.88. The van der Waals surface area contributed by atoms with E-state index in [2.05, 4.69) is 24.1 Å². The molecular weight excluding hydrogens is 220 g/mol. The van der Waals surface area contributed by atoms with Crippen LogP contribution in [0.25, 0.3) is 0 Å². The average molecular weight is 250 g/mol. The monoisotopic (exact) mass is 250 g/mol. The van der Waals surface area contributed by atoms with Gasteiger partial charge in [0.15, 0.2) is 0 Å². The summed E-state index contributed by atoms with van der Waals surface area (Å²) in [5, 5.41) is 3.79. The van der Waals surface area contributed by atoms with Crippen LogP contribution in [-0.2, 0) is 0 Å². The van der Waals surface area contributed by atoms with Crippen LogP contribution in [0.2, 0.25) is 0 Å². The fraction of sp³-hybridized carbons (Fsp3) is 1.00. The number of hydrogen-bond donors (Lipinski definition) is 1. The topological polar surface area (TPSA) is 15.3 Å². The van der Waals surface area contributed by atoms with E-state index in [9.17, 15) is 0 Å². The molecule has 0 spiro atoms. The molecule has 0 radical (unpaired) electrons. The summed E-state index contributed by atoms with van der Waals surface area (Å²) in [6.07, 6.45) is 8.64. The van der Waals surface area contributed by atoms with Gasteiger partial charge in [0.1, 0.15) is 0 Å². The Morgan fingerprint density at radius 3 is 2.56 bits per heavy atom. The van der Waals surface area contributed by atoms with Gasteiger partial charge in [-0.05, 0) is 69.4 Å². The van der Waals surface area contributed by atoms with Crippen molar-refractivity contribution in [2.24, 2.45) is 17.8 Å². The lowest BCUT2D eigenvalue weighted by Crippen LogP contribution is -2.46. The third-order valence-electron chi connectivity index (χ3n) is 5.74. The molecular formula is C16H30N2. The maximum atomic E-state index is 3.79. The van der Waals surface area contributed by atoms with Gasteiger partial charge in [-0.1, -0.05) is 13.8 Å². The van der Waals surface area contributed by atoms with E-state index >= 15 is 0 Å². The van der Waals surface area contributed by atoms with Crippen molar-refractivity contribution in [3.8, 4) is 0 Å². The highest BCUT2D eigenvalue weighted by atomic mass is 15.2. The summed E-state index contributed by atoms with van der Waals surface area (Å²) < 4.78 is 0. The Hall–Kier alpha value is -0.0800. The molecule has 3 aliphatic rings. The van der Waals surface area contributed by atoms with E-state index < -0.39 is 0 Å². The second-order valence-corrected chi connectivity index (χ2v) is 7.17. The zero-order chi connectivity index (χ0) is 12.5. The van der Waals surface area contributed by atoms with E-state index in [0.29, 0.717) is 0 Å². The molecule has 0 amide bonds. The molecule has 2 heteroatoms. The van der Waals surface area contributed by atoms with Gasteiger partial charge in [0.2, 0.25) is 0 Å². The van der Waals surface area contributed by atoms with Gasteiger partial charge in [-0.3, -0.25) is 4.90 Å². The lowest BCUT2D eigenvalue weighted by atomic mass is 9.78. The van der Waals surface area contributed by atoms with Crippen LogP contribution in [-0.4, -0.2) is 36.6 Å². The Morgan fingerprint density at radius 1 is 1.00 bits per heavy atom. The minimum Gasteiger partial charge on any atom is -0.312 e. The lowest BCUT2D eigenvalue weighted by molar-refractivity contribution is 0.105. The maximum absolute atomic E-state index is 3.79. The van der Waals surface area contributed by atoms with Crippen molar-refractivity contribution in [2.75, 3.05) is 19.6 Å². The van der Waals surface area contributed by atoms with Gasteiger partial charge < -0.3 is 5.32 Å². The molecule has 1 saturated heterocycles. The van der Waals surface area contributed by atoms with Crippen LogP contribution in [0.4, 0.5) is 0 Å². The molecule has 18 heavy (non-hydrogen) atoms. The fourth-order valence-corrected chi connectivity index (χ4v) is 3.97. The van der Waals surface area contributed by atoms with E-state index in [1.54, 1.807) is 0 Å². The maximum Gasteiger partial charge on any atom is 0.0223 e. The highest BCUT2D eigenvalue weighted by molar-refractivity contribution is 4.92. The first-order valence-corrected chi connectivity index (χ1v) is 8.21. The SMILES string of the molecule is CC1CCC(N2CCCNC(C3CC3)C2)CC1C. The van der Waals surface area contributed by atoms with Gasteiger partial charge in [0.05, 0.1) is 0 Å². The fourth-order valence-electron chi connectivity index (χ4n) is 3.97. The second kappa shape index (κ2) is 5.50. The molecule has 4 atom stereocenters. The first-order valence-electron chi connectivity index (χ1n) is 8.21. The van der Waals surface area contributed by atoms with Crippen molar-refractivity contribution in [2.45, 2.75) is 64.5 Å². The second-order valence-electron chi connectivity index (χ2n) is 7.17. The molecule has 0 bridgehead atoms. The summed E-state index contributed by atoms with van der Waals surface area (Å²) in [7, 11) is 0. The first kappa shape index (κ1) is 12.9. The Bertz CT molecular complexity index is 274. The van der Waals surface area contributed by atoms with Crippen LogP contribution in [0.1, 0.15) is 52.4 Å². The smallest absolute Gasteiger partial charge is 0.0223 e. The molecule has 2 nitrogen and oxygen atoms in total. The number of hydrogen-bond acceptors (Lipinski definition) is 2. The van der Waals surface area contributed by atoms with Crippen molar-refractivity contribution in [3.63, 3.8) is 0 Å². The molecule has 0 aromatic carbocycles. The number of rotatable bonds is 2. The summed E-state index contributed by atoms with van der Waals surface area (Å²) >= 11 is 0. The van der Waals surface area contributed by atoms with E-state index in [-0.39, 0.29) is 0 Å². The third-order valence-corrected chi connectivity index (χ3v) is 5.74. The first-order chi connectivity index (χ1) is 8.74. The van der Waals surface area contributed by atoms with Gasteiger partial charge in [0.25, 0.3) is 0 Å². The normalized spacial score (nSPS) is 43.7. The predicted octanol–water partition coefficient (Wildman–Crippen LogP) is 2.89. The highest BCUT2D eigenvalue weighted by Gasteiger charge is 2.36. The number of nitrogens with one attached hydrogen (secondary N) is 1. The van der Waals surface area contributed by atoms with Gasteiger partial charge in [0, 0.05) is 18.6 Å². The molecule has 2 saturated carbocycles. The molecule has 2 aliphatic carbocycles. The molecule has 0 aromatic heterocycles. The molecule has 1 aliphatic heterocycles. The Kier molecular flexibility index (Phi) is 3.95. The Balaban J connectivity index is 1.59. The van der Waals surface area contributed by atoms with Crippen molar-refractivity contribution in [1.29, 1.82) is 0 Å². The number of nitrogens with zero attached hydrogens (tertiary/aromatic N) is 1. The molecule has 104 valence electrons. The van der Waals surface area contributed by atoms with Gasteiger partial charge in [-0.2, -0.15) is 0 Å². The summed E-state index contributed by atoms with van der Waals surface area (Å²) in [6, 6.07) is 1.69. The zero-order valence-electron chi connectivity index (χ0n) is 12.2. The van der Waals surface area contributed by atoms with Crippen molar-refractivity contribution < 1.29 is 0 Å². The van der Waals surface area contributed by atoms with Crippen molar-refractivity contribution >= 4 is 0 Å². The average Bonchev–Trinajstić information content (AvgIpc) is 3.16. The van der Waals surface area contributed by atoms with Crippen LogP contribution < -0.4 is 5.32 Å². The zero-order valence-corrected chi connectivity index (χ0v) is 12.2. The van der Waals surface area contributed by atoms with Crippen LogP contribution >= 0.6 is 0 Å². The summed E-state index contributed by atoms with van der Waals surface area (Å²) in [5.41, 5.74) is 0. The van der Waals surface area contributed by atoms with E-state index in [1.807, 2.05) is 0 Å². The standard InChI is InChI=1S/C16H30N2/c1-12-4-7-15(10-13(12)2)18-9-3-8-17-16(11-18)14-5-6-14/h12-17H,3-11H2,1-2H3. The minimum absolute atomic E-state index is 0.808. The van der Waals surface area contributed by atoms with Crippen LogP contribution in [0.3, 0.4) is 0 Å².